The van der Waals surface area contributed by atoms with Crippen LogP contribution in [0.2, 0.25) is 0 Å². The van der Waals surface area contributed by atoms with Gasteiger partial charge in [0, 0.05) is 12.6 Å². The van der Waals surface area contributed by atoms with Gasteiger partial charge in [-0.1, -0.05) is 6.92 Å². The molecule has 19 heavy (non-hydrogen) atoms. The molecule has 102 valence electrons. The van der Waals surface area contributed by atoms with Gasteiger partial charge < -0.3 is 10.0 Å². The molecule has 2 heterocycles. The highest BCUT2D eigenvalue weighted by molar-refractivity contribution is 5.84. The Bertz CT molecular complexity index is 502. The Morgan fingerprint density at radius 1 is 1.63 bits per heavy atom. The number of anilines is 1. The van der Waals surface area contributed by atoms with Crippen LogP contribution in [0.5, 0.6) is 0 Å². The number of carboxylic acid groups (broad SMARTS) is 1. The van der Waals surface area contributed by atoms with Crippen molar-refractivity contribution in [3.63, 3.8) is 0 Å². The van der Waals surface area contributed by atoms with E-state index in [4.69, 9.17) is 0 Å². The lowest BCUT2D eigenvalue weighted by atomic mass is 9.93. The van der Waals surface area contributed by atoms with Crippen LogP contribution < -0.4 is 4.90 Å². The minimum atomic E-state index is -0.941. The Morgan fingerprint density at radius 2 is 2.37 bits per heavy atom. The molecule has 1 fully saturated rings. The van der Waals surface area contributed by atoms with Crippen LogP contribution in [0.1, 0.15) is 26.2 Å². The summed E-state index contributed by atoms with van der Waals surface area (Å²) >= 11 is 0. The van der Waals surface area contributed by atoms with E-state index in [9.17, 15) is 20.0 Å². The van der Waals surface area contributed by atoms with Gasteiger partial charge in [0.15, 0.2) is 0 Å². The fraction of sp³-hybridized carbons (Fsp3) is 0.500. The number of hydrogen-bond donors (Lipinski definition) is 1. The molecule has 0 bridgehead atoms. The molecule has 7 nitrogen and oxygen atoms in total. The largest absolute Gasteiger partial charge is 0.479 e. The van der Waals surface area contributed by atoms with E-state index in [0.29, 0.717) is 25.2 Å². The lowest BCUT2D eigenvalue weighted by molar-refractivity contribution is -0.385. The lowest BCUT2D eigenvalue weighted by Gasteiger charge is -2.34. The van der Waals surface area contributed by atoms with Crippen molar-refractivity contribution in [2.45, 2.75) is 31.7 Å². The average molecular weight is 265 g/mol. The molecule has 0 saturated carbocycles. The topological polar surface area (TPSA) is 96.6 Å². The molecule has 1 saturated heterocycles. The number of rotatable bonds is 4. The van der Waals surface area contributed by atoms with Gasteiger partial charge in [0.2, 0.25) is 0 Å². The highest BCUT2D eigenvalue weighted by atomic mass is 16.6. The summed E-state index contributed by atoms with van der Waals surface area (Å²) < 4.78 is 0. The molecule has 1 aliphatic heterocycles. The molecule has 1 N–H and O–H groups in total. The third-order valence-corrected chi connectivity index (χ3v) is 3.69. The van der Waals surface area contributed by atoms with Gasteiger partial charge in [-0.15, -0.1) is 0 Å². The molecule has 7 heteroatoms. The van der Waals surface area contributed by atoms with Crippen LogP contribution in [0.4, 0.5) is 11.5 Å². The minimum Gasteiger partial charge on any atom is -0.479 e. The summed E-state index contributed by atoms with van der Waals surface area (Å²) in [6, 6.07) is 2.86. The SMILES string of the molecule is CCC1(C(=O)O)CCCN1c1ccc([N+](=O)[O-])cn1. The van der Waals surface area contributed by atoms with E-state index < -0.39 is 16.4 Å². The van der Waals surface area contributed by atoms with E-state index in [1.54, 1.807) is 4.90 Å². The first-order valence-corrected chi connectivity index (χ1v) is 6.13. The Labute approximate surface area is 110 Å². The maximum atomic E-state index is 11.5. The van der Waals surface area contributed by atoms with E-state index in [-0.39, 0.29) is 5.69 Å². The zero-order valence-corrected chi connectivity index (χ0v) is 10.6. The Kier molecular flexibility index (Phi) is 3.37. The van der Waals surface area contributed by atoms with Gasteiger partial charge in [-0.3, -0.25) is 10.1 Å². The standard InChI is InChI=1S/C12H15N3O4/c1-2-12(11(16)17)6-3-7-14(12)10-5-4-9(8-13-10)15(18)19/h4-5,8H,2-3,6-7H2,1H3,(H,16,17). The molecule has 0 radical (unpaired) electrons. The zero-order valence-electron chi connectivity index (χ0n) is 10.6. The van der Waals surface area contributed by atoms with Crippen LogP contribution in [0.25, 0.3) is 0 Å². The van der Waals surface area contributed by atoms with Gasteiger partial charge in [0.1, 0.15) is 17.6 Å². The predicted molar refractivity (Wildman–Crippen MR) is 68.1 cm³/mol. The summed E-state index contributed by atoms with van der Waals surface area (Å²) in [4.78, 5) is 27.4. The molecule has 0 aromatic carbocycles. The second-order valence-electron chi connectivity index (χ2n) is 4.58. The second kappa shape index (κ2) is 4.83. The highest BCUT2D eigenvalue weighted by Gasteiger charge is 2.46. The number of aromatic nitrogens is 1. The summed E-state index contributed by atoms with van der Waals surface area (Å²) in [5.41, 5.74) is -1.04. The lowest BCUT2D eigenvalue weighted by Crippen LogP contribution is -2.50. The number of pyridine rings is 1. The van der Waals surface area contributed by atoms with Crippen molar-refractivity contribution in [1.29, 1.82) is 0 Å². The van der Waals surface area contributed by atoms with Crippen LogP contribution in [0.15, 0.2) is 18.3 Å². The van der Waals surface area contributed by atoms with Crippen LogP contribution in [-0.4, -0.2) is 33.1 Å². The monoisotopic (exact) mass is 265 g/mol. The third kappa shape index (κ3) is 2.11. The number of hydrogen-bond acceptors (Lipinski definition) is 5. The van der Waals surface area contributed by atoms with Crippen molar-refractivity contribution < 1.29 is 14.8 Å². The quantitative estimate of drug-likeness (QED) is 0.658. The van der Waals surface area contributed by atoms with Gasteiger partial charge in [-0.25, -0.2) is 9.78 Å². The molecule has 1 aliphatic rings. The predicted octanol–water partition coefficient (Wildman–Crippen LogP) is 1.82. The Morgan fingerprint density at radius 3 is 2.84 bits per heavy atom. The molecular formula is C12H15N3O4. The average Bonchev–Trinajstić information content (AvgIpc) is 2.83. The summed E-state index contributed by atoms with van der Waals surface area (Å²) in [6.45, 7) is 2.43. The van der Waals surface area contributed by atoms with Crippen molar-refractivity contribution in [3.05, 3.63) is 28.4 Å². The van der Waals surface area contributed by atoms with Crippen LogP contribution in [-0.2, 0) is 4.79 Å². The van der Waals surface area contributed by atoms with E-state index in [1.165, 1.54) is 12.1 Å². The number of carbonyl (C=O) groups is 1. The summed E-state index contributed by atoms with van der Waals surface area (Å²) in [5, 5.41) is 20.0. The van der Waals surface area contributed by atoms with Crippen molar-refractivity contribution in [2.24, 2.45) is 0 Å². The van der Waals surface area contributed by atoms with Crippen LogP contribution >= 0.6 is 0 Å². The Balaban J connectivity index is 2.34. The smallest absolute Gasteiger partial charge is 0.329 e. The maximum Gasteiger partial charge on any atom is 0.329 e. The number of nitrogens with zero attached hydrogens (tertiary/aromatic N) is 3. The molecule has 2 rings (SSSR count). The van der Waals surface area contributed by atoms with E-state index in [2.05, 4.69) is 4.98 Å². The summed E-state index contributed by atoms with van der Waals surface area (Å²) in [6.07, 6.45) is 2.98. The number of carboxylic acids is 1. The van der Waals surface area contributed by atoms with Gasteiger partial charge in [-0.2, -0.15) is 0 Å². The molecular weight excluding hydrogens is 250 g/mol. The first-order chi connectivity index (χ1) is 9.01. The van der Waals surface area contributed by atoms with Crippen LogP contribution in [0, 0.1) is 10.1 Å². The summed E-state index contributed by atoms with van der Waals surface area (Å²) in [7, 11) is 0. The molecule has 1 unspecified atom stereocenters. The van der Waals surface area contributed by atoms with Crippen molar-refractivity contribution >= 4 is 17.5 Å². The van der Waals surface area contributed by atoms with E-state index in [0.717, 1.165) is 12.6 Å². The van der Waals surface area contributed by atoms with Crippen LogP contribution in [0.3, 0.4) is 0 Å². The van der Waals surface area contributed by atoms with Gasteiger partial charge >= 0.3 is 5.97 Å². The van der Waals surface area contributed by atoms with Crippen molar-refractivity contribution in [2.75, 3.05) is 11.4 Å². The zero-order chi connectivity index (χ0) is 14.0. The molecule has 1 aromatic rings. The van der Waals surface area contributed by atoms with Crippen molar-refractivity contribution in [1.82, 2.24) is 4.98 Å². The van der Waals surface area contributed by atoms with E-state index >= 15 is 0 Å². The fourth-order valence-corrected chi connectivity index (χ4v) is 2.60. The molecule has 1 atom stereocenters. The van der Waals surface area contributed by atoms with E-state index in [1.807, 2.05) is 6.92 Å². The maximum absolute atomic E-state index is 11.5. The van der Waals surface area contributed by atoms with Gasteiger partial charge in [-0.05, 0) is 25.3 Å². The molecule has 0 spiro atoms. The fourth-order valence-electron chi connectivity index (χ4n) is 2.60. The summed E-state index contributed by atoms with van der Waals surface area (Å²) in [5.74, 6) is -0.389. The normalized spacial score (nSPS) is 22.5. The van der Waals surface area contributed by atoms with Gasteiger partial charge in [0.25, 0.3) is 5.69 Å². The third-order valence-electron chi connectivity index (χ3n) is 3.69. The highest BCUT2D eigenvalue weighted by Crippen LogP contribution is 2.36. The molecule has 0 amide bonds. The Hall–Kier alpha value is -2.18. The first kappa shape index (κ1) is 13.3. The van der Waals surface area contributed by atoms with Gasteiger partial charge in [0.05, 0.1) is 4.92 Å². The van der Waals surface area contributed by atoms with Crippen molar-refractivity contribution in [3.8, 4) is 0 Å². The number of aliphatic carboxylic acids is 1. The second-order valence-corrected chi connectivity index (χ2v) is 4.58. The first-order valence-electron chi connectivity index (χ1n) is 6.13. The molecule has 0 aliphatic carbocycles. The molecule has 1 aromatic heterocycles. The minimum absolute atomic E-state index is 0.0969. The number of nitro groups is 1.